The van der Waals surface area contributed by atoms with Gasteiger partial charge in [0.1, 0.15) is 5.25 Å². The van der Waals surface area contributed by atoms with E-state index in [0.717, 1.165) is 10.6 Å². The number of ether oxygens (including phenoxy) is 1. The van der Waals surface area contributed by atoms with Gasteiger partial charge in [-0.1, -0.05) is 48.2 Å². The fraction of sp³-hybridized carbons (Fsp3) is 0.143. The lowest BCUT2D eigenvalue weighted by Gasteiger charge is -2.13. The first kappa shape index (κ1) is 12.6. The molecule has 0 unspecified atom stereocenters. The SMILES string of the molecule is COC(=O)[C@@H](Sc1ccccn1)c1ccccc1. The first-order valence-corrected chi connectivity index (χ1v) is 6.39. The number of thioether (sulfide) groups is 1. The monoisotopic (exact) mass is 259 g/mol. The minimum absolute atomic E-state index is 0.267. The quantitative estimate of drug-likeness (QED) is 0.625. The largest absolute Gasteiger partial charge is 0.468 e. The molecule has 0 N–H and O–H groups in total. The van der Waals surface area contributed by atoms with E-state index in [-0.39, 0.29) is 11.2 Å². The summed E-state index contributed by atoms with van der Waals surface area (Å²) in [6.07, 6.45) is 1.71. The molecule has 92 valence electrons. The first-order chi connectivity index (χ1) is 8.81. The fourth-order valence-electron chi connectivity index (χ4n) is 1.52. The van der Waals surface area contributed by atoms with Crippen LogP contribution in [0.4, 0.5) is 0 Å². The van der Waals surface area contributed by atoms with E-state index in [4.69, 9.17) is 4.74 Å². The Labute approximate surface area is 110 Å². The van der Waals surface area contributed by atoms with E-state index in [1.54, 1.807) is 6.20 Å². The molecule has 0 aliphatic heterocycles. The van der Waals surface area contributed by atoms with Crippen LogP contribution in [-0.4, -0.2) is 18.1 Å². The summed E-state index contributed by atoms with van der Waals surface area (Å²) in [6.45, 7) is 0. The molecule has 0 spiro atoms. The molecule has 0 bridgehead atoms. The average Bonchev–Trinajstić information content (AvgIpc) is 2.46. The normalized spacial score (nSPS) is 11.8. The molecule has 0 amide bonds. The van der Waals surface area contributed by atoms with Gasteiger partial charge in [0.2, 0.25) is 0 Å². The predicted molar refractivity (Wildman–Crippen MR) is 71.3 cm³/mol. The summed E-state index contributed by atoms with van der Waals surface area (Å²) in [7, 11) is 1.40. The zero-order chi connectivity index (χ0) is 12.8. The van der Waals surface area contributed by atoms with Crippen molar-refractivity contribution in [1.82, 2.24) is 4.98 Å². The number of carbonyl (C=O) groups excluding carboxylic acids is 1. The molecule has 1 aromatic heterocycles. The topological polar surface area (TPSA) is 39.2 Å². The molecule has 0 aliphatic rings. The molecule has 2 rings (SSSR count). The third-order valence-electron chi connectivity index (χ3n) is 2.39. The number of carbonyl (C=O) groups is 1. The fourth-order valence-corrected chi connectivity index (χ4v) is 2.53. The van der Waals surface area contributed by atoms with E-state index in [2.05, 4.69) is 4.98 Å². The predicted octanol–water partition coefficient (Wildman–Crippen LogP) is 3.09. The average molecular weight is 259 g/mol. The Morgan fingerprint density at radius 1 is 1.17 bits per heavy atom. The number of esters is 1. The van der Waals surface area contributed by atoms with Crippen LogP contribution in [-0.2, 0) is 9.53 Å². The number of hydrogen-bond donors (Lipinski definition) is 0. The van der Waals surface area contributed by atoms with E-state index in [1.165, 1.54) is 18.9 Å². The molecule has 1 heterocycles. The number of methoxy groups -OCH3 is 1. The van der Waals surface area contributed by atoms with Crippen molar-refractivity contribution in [2.45, 2.75) is 10.3 Å². The summed E-state index contributed by atoms with van der Waals surface area (Å²) in [6, 6.07) is 15.2. The third kappa shape index (κ3) is 3.11. The highest BCUT2D eigenvalue weighted by Gasteiger charge is 2.22. The lowest BCUT2D eigenvalue weighted by molar-refractivity contribution is -0.140. The smallest absolute Gasteiger partial charge is 0.323 e. The van der Waals surface area contributed by atoms with Crippen LogP contribution < -0.4 is 0 Å². The van der Waals surface area contributed by atoms with Gasteiger partial charge in [-0.15, -0.1) is 0 Å². The Morgan fingerprint density at radius 3 is 2.50 bits per heavy atom. The second-order valence-corrected chi connectivity index (χ2v) is 4.73. The van der Waals surface area contributed by atoms with E-state index in [9.17, 15) is 4.79 Å². The van der Waals surface area contributed by atoms with Crippen molar-refractivity contribution < 1.29 is 9.53 Å². The van der Waals surface area contributed by atoms with E-state index < -0.39 is 0 Å². The summed E-state index contributed by atoms with van der Waals surface area (Å²) in [5.41, 5.74) is 0.917. The van der Waals surface area contributed by atoms with E-state index in [1.807, 2.05) is 48.5 Å². The van der Waals surface area contributed by atoms with Gasteiger partial charge in [-0.05, 0) is 17.7 Å². The molecule has 0 saturated carbocycles. The Balaban J connectivity index is 2.24. The zero-order valence-electron chi connectivity index (χ0n) is 9.95. The second kappa shape index (κ2) is 6.21. The highest BCUT2D eigenvalue weighted by Crippen LogP contribution is 2.34. The van der Waals surface area contributed by atoms with Gasteiger partial charge in [-0.2, -0.15) is 0 Å². The molecule has 1 atom stereocenters. The second-order valence-electron chi connectivity index (χ2n) is 3.60. The van der Waals surface area contributed by atoms with Crippen molar-refractivity contribution in [2.75, 3.05) is 7.11 Å². The minimum atomic E-state index is -0.383. The van der Waals surface area contributed by atoms with Crippen LogP contribution in [0.1, 0.15) is 10.8 Å². The molecule has 1 aromatic carbocycles. The van der Waals surface area contributed by atoms with Gasteiger partial charge in [0.25, 0.3) is 0 Å². The number of rotatable bonds is 4. The third-order valence-corrected chi connectivity index (χ3v) is 3.58. The maximum absolute atomic E-state index is 11.8. The Hall–Kier alpha value is -1.81. The molecule has 0 aliphatic carbocycles. The molecule has 18 heavy (non-hydrogen) atoms. The maximum atomic E-state index is 11.8. The lowest BCUT2D eigenvalue weighted by Crippen LogP contribution is -2.11. The molecule has 2 aromatic rings. The van der Waals surface area contributed by atoms with Crippen molar-refractivity contribution in [2.24, 2.45) is 0 Å². The van der Waals surface area contributed by atoms with Gasteiger partial charge in [-0.3, -0.25) is 4.79 Å². The van der Waals surface area contributed by atoms with Crippen LogP contribution in [0.5, 0.6) is 0 Å². The van der Waals surface area contributed by atoms with Gasteiger partial charge in [0.15, 0.2) is 0 Å². The summed E-state index contributed by atoms with van der Waals surface area (Å²) in [5, 5.41) is 0.419. The summed E-state index contributed by atoms with van der Waals surface area (Å²) in [5.74, 6) is -0.267. The van der Waals surface area contributed by atoms with Crippen molar-refractivity contribution in [1.29, 1.82) is 0 Å². The molecule has 3 nitrogen and oxygen atoms in total. The summed E-state index contributed by atoms with van der Waals surface area (Å²) in [4.78, 5) is 16.1. The van der Waals surface area contributed by atoms with Gasteiger partial charge in [0.05, 0.1) is 12.1 Å². The number of nitrogens with zero attached hydrogens (tertiary/aromatic N) is 1. The summed E-state index contributed by atoms with van der Waals surface area (Å²) >= 11 is 1.39. The van der Waals surface area contributed by atoms with Crippen LogP contribution in [0.25, 0.3) is 0 Å². The van der Waals surface area contributed by atoms with Crippen molar-refractivity contribution in [3.8, 4) is 0 Å². The zero-order valence-corrected chi connectivity index (χ0v) is 10.8. The highest BCUT2D eigenvalue weighted by atomic mass is 32.2. The van der Waals surface area contributed by atoms with Gasteiger partial charge >= 0.3 is 5.97 Å². The summed E-state index contributed by atoms with van der Waals surface area (Å²) < 4.78 is 4.85. The van der Waals surface area contributed by atoms with Crippen molar-refractivity contribution in [3.05, 3.63) is 60.3 Å². The van der Waals surface area contributed by atoms with Crippen LogP contribution in [0, 0.1) is 0 Å². The standard InChI is InChI=1S/C14H13NO2S/c1-17-14(16)13(11-7-3-2-4-8-11)18-12-9-5-6-10-15-12/h2-10,13H,1H3/t13-/m0/s1. The van der Waals surface area contributed by atoms with E-state index >= 15 is 0 Å². The van der Waals surface area contributed by atoms with E-state index in [0.29, 0.717) is 0 Å². The molecule has 0 saturated heterocycles. The van der Waals surface area contributed by atoms with Crippen LogP contribution in [0.2, 0.25) is 0 Å². The van der Waals surface area contributed by atoms with Gasteiger partial charge in [0, 0.05) is 6.20 Å². The molecule has 0 fully saturated rings. The molecular weight excluding hydrogens is 246 g/mol. The molecule has 4 heteroatoms. The number of benzene rings is 1. The highest BCUT2D eigenvalue weighted by molar-refractivity contribution is 8.00. The van der Waals surface area contributed by atoms with Crippen molar-refractivity contribution >= 4 is 17.7 Å². The minimum Gasteiger partial charge on any atom is -0.468 e. The number of aromatic nitrogens is 1. The van der Waals surface area contributed by atoms with Crippen LogP contribution in [0.15, 0.2) is 59.8 Å². The molecular formula is C14H13NO2S. The lowest BCUT2D eigenvalue weighted by atomic mass is 10.1. The first-order valence-electron chi connectivity index (χ1n) is 5.51. The Kier molecular flexibility index (Phi) is 4.36. The number of hydrogen-bond acceptors (Lipinski definition) is 4. The van der Waals surface area contributed by atoms with Crippen LogP contribution in [0.3, 0.4) is 0 Å². The maximum Gasteiger partial charge on any atom is 0.323 e. The Morgan fingerprint density at radius 2 is 1.89 bits per heavy atom. The van der Waals surface area contributed by atoms with Gasteiger partial charge < -0.3 is 4.74 Å². The van der Waals surface area contributed by atoms with Crippen molar-refractivity contribution in [3.63, 3.8) is 0 Å². The number of pyridine rings is 1. The van der Waals surface area contributed by atoms with Gasteiger partial charge in [-0.25, -0.2) is 4.98 Å². The molecule has 0 radical (unpaired) electrons. The Bertz CT molecular complexity index is 502. The van der Waals surface area contributed by atoms with Crippen LogP contribution >= 0.6 is 11.8 Å².